The van der Waals surface area contributed by atoms with E-state index in [1.54, 1.807) is 4.90 Å². The van der Waals surface area contributed by atoms with Crippen LogP contribution in [0.5, 0.6) is 0 Å². The van der Waals surface area contributed by atoms with Crippen molar-refractivity contribution in [1.82, 2.24) is 0 Å². The molecular formula is C16H22ClNO. The number of carbonyl (C=O) groups excluding carboxylic acids is 1. The highest BCUT2D eigenvalue weighted by molar-refractivity contribution is 6.66. The average molecular weight is 280 g/mol. The van der Waals surface area contributed by atoms with Gasteiger partial charge in [-0.15, -0.1) is 0 Å². The maximum atomic E-state index is 11.8. The van der Waals surface area contributed by atoms with Gasteiger partial charge in [0.05, 0.1) is 0 Å². The number of hydrogen-bond acceptors (Lipinski definition) is 1. The Morgan fingerprint density at radius 2 is 1.84 bits per heavy atom. The van der Waals surface area contributed by atoms with Crippen molar-refractivity contribution in [3.05, 3.63) is 30.3 Å². The Morgan fingerprint density at radius 1 is 1.16 bits per heavy atom. The molecule has 3 heteroatoms. The van der Waals surface area contributed by atoms with Gasteiger partial charge in [-0.05, 0) is 42.5 Å². The summed E-state index contributed by atoms with van der Waals surface area (Å²) in [6.45, 7) is 2.28. The molecule has 0 saturated heterocycles. The number of anilines is 1. The molecule has 0 aromatic heterocycles. The summed E-state index contributed by atoms with van der Waals surface area (Å²) in [6, 6.07) is 10.0. The lowest BCUT2D eigenvalue weighted by Gasteiger charge is -2.33. The first kappa shape index (κ1) is 14.4. The molecule has 2 atom stereocenters. The SMILES string of the molecule is C[C@H]1CCCCC[C@H](N(C(=O)Cl)c2ccccc2)C1. The maximum absolute atomic E-state index is 11.8. The molecule has 1 saturated carbocycles. The van der Waals surface area contributed by atoms with Gasteiger partial charge in [0.25, 0.3) is 0 Å². The monoisotopic (exact) mass is 279 g/mol. The van der Waals surface area contributed by atoms with Gasteiger partial charge in [-0.3, -0.25) is 9.69 Å². The average Bonchev–Trinajstić information content (AvgIpc) is 2.36. The number of halogens is 1. The zero-order valence-corrected chi connectivity index (χ0v) is 12.3. The molecule has 1 aliphatic rings. The van der Waals surface area contributed by atoms with E-state index in [2.05, 4.69) is 6.92 Å². The summed E-state index contributed by atoms with van der Waals surface area (Å²) < 4.78 is 0. The molecule has 1 aromatic rings. The Labute approximate surface area is 120 Å². The van der Waals surface area contributed by atoms with E-state index in [4.69, 9.17) is 11.6 Å². The van der Waals surface area contributed by atoms with E-state index < -0.39 is 0 Å². The number of nitrogens with zero attached hydrogens (tertiary/aromatic N) is 1. The molecular weight excluding hydrogens is 258 g/mol. The van der Waals surface area contributed by atoms with Crippen LogP contribution in [0.4, 0.5) is 10.5 Å². The molecule has 0 aliphatic heterocycles. The van der Waals surface area contributed by atoms with Crippen LogP contribution in [-0.4, -0.2) is 11.4 Å². The van der Waals surface area contributed by atoms with Crippen LogP contribution in [0.3, 0.4) is 0 Å². The second-order valence-corrected chi connectivity index (χ2v) is 5.91. The summed E-state index contributed by atoms with van der Waals surface area (Å²) in [6.07, 6.45) is 7.12. The van der Waals surface area contributed by atoms with E-state index in [-0.39, 0.29) is 11.4 Å². The second kappa shape index (κ2) is 6.95. The lowest BCUT2D eigenvalue weighted by atomic mass is 9.88. The molecule has 1 fully saturated rings. The summed E-state index contributed by atoms with van der Waals surface area (Å²) in [5, 5.41) is -0.357. The lowest BCUT2D eigenvalue weighted by molar-refractivity contribution is 0.258. The van der Waals surface area contributed by atoms with Gasteiger partial charge in [0, 0.05) is 11.7 Å². The second-order valence-electron chi connectivity index (χ2n) is 5.59. The fourth-order valence-corrected chi connectivity index (χ4v) is 3.26. The van der Waals surface area contributed by atoms with Crippen LogP contribution in [0.1, 0.15) is 45.4 Å². The fraction of sp³-hybridized carbons (Fsp3) is 0.562. The Morgan fingerprint density at radius 3 is 2.53 bits per heavy atom. The quantitative estimate of drug-likeness (QED) is 0.537. The molecule has 0 spiro atoms. The van der Waals surface area contributed by atoms with E-state index in [1.807, 2.05) is 30.3 Å². The first-order valence-electron chi connectivity index (χ1n) is 7.22. The van der Waals surface area contributed by atoms with Gasteiger partial charge >= 0.3 is 5.37 Å². The first-order valence-corrected chi connectivity index (χ1v) is 7.60. The van der Waals surface area contributed by atoms with Gasteiger partial charge in [-0.1, -0.05) is 50.8 Å². The Kier molecular flexibility index (Phi) is 5.26. The highest BCUT2D eigenvalue weighted by atomic mass is 35.5. The largest absolute Gasteiger partial charge is 0.321 e. The minimum Gasteiger partial charge on any atom is -0.296 e. The number of amides is 1. The molecule has 1 amide bonds. The molecule has 0 bridgehead atoms. The predicted octanol–water partition coefficient (Wildman–Crippen LogP) is 5.21. The van der Waals surface area contributed by atoms with Crippen LogP contribution >= 0.6 is 11.6 Å². The van der Waals surface area contributed by atoms with Crippen molar-refractivity contribution in [2.45, 2.75) is 51.5 Å². The van der Waals surface area contributed by atoms with Gasteiger partial charge < -0.3 is 0 Å². The molecule has 2 nitrogen and oxygen atoms in total. The predicted molar refractivity (Wildman–Crippen MR) is 80.8 cm³/mol. The maximum Gasteiger partial charge on any atom is 0.321 e. The van der Waals surface area contributed by atoms with E-state index in [0.29, 0.717) is 5.92 Å². The Balaban J connectivity index is 2.19. The number of para-hydroxylation sites is 1. The number of hydrogen-bond donors (Lipinski definition) is 0. The highest BCUT2D eigenvalue weighted by Gasteiger charge is 2.26. The molecule has 1 aromatic carbocycles. The third kappa shape index (κ3) is 3.97. The van der Waals surface area contributed by atoms with Crippen molar-refractivity contribution in [2.75, 3.05) is 4.90 Å². The number of rotatable bonds is 2. The van der Waals surface area contributed by atoms with Crippen LogP contribution in [-0.2, 0) is 0 Å². The van der Waals surface area contributed by atoms with Gasteiger partial charge in [0.15, 0.2) is 0 Å². The highest BCUT2D eigenvalue weighted by Crippen LogP contribution is 2.29. The summed E-state index contributed by atoms with van der Waals surface area (Å²) >= 11 is 5.84. The molecule has 0 heterocycles. The zero-order chi connectivity index (χ0) is 13.7. The van der Waals surface area contributed by atoms with Crippen LogP contribution in [0.15, 0.2) is 30.3 Å². The molecule has 19 heavy (non-hydrogen) atoms. The molecule has 0 radical (unpaired) electrons. The van der Waals surface area contributed by atoms with Crippen molar-refractivity contribution in [2.24, 2.45) is 5.92 Å². The lowest BCUT2D eigenvalue weighted by Crippen LogP contribution is -2.39. The third-order valence-corrected chi connectivity index (χ3v) is 4.18. The molecule has 2 rings (SSSR count). The zero-order valence-electron chi connectivity index (χ0n) is 11.5. The first-order chi connectivity index (χ1) is 9.18. The summed E-state index contributed by atoms with van der Waals surface area (Å²) in [4.78, 5) is 13.6. The van der Waals surface area contributed by atoms with E-state index >= 15 is 0 Å². The molecule has 104 valence electrons. The number of carbonyl (C=O) groups is 1. The smallest absolute Gasteiger partial charge is 0.296 e. The minimum atomic E-state index is -0.357. The van der Waals surface area contributed by atoms with Gasteiger partial charge in [-0.25, -0.2) is 0 Å². The van der Waals surface area contributed by atoms with Crippen molar-refractivity contribution >= 4 is 22.7 Å². The van der Waals surface area contributed by atoms with Crippen LogP contribution in [0.25, 0.3) is 0 Å². The van der Waals surface area contributed by atoms with Crippen LogP contribution in [0, 0.1) is 5.92 Å². The van der Waals surface area contributed by atoms with Gasteiger partial charge in [0.1, 0.15) is 0 Å². The van der Waals surface area contributed by atoms with E-state index in [0.717, 1.165) is 18.5 Å². The Bertz CT molecular complexity index is 406. The third-order valence-electron chi connectivity index (χ3n) is 4.00. The van der Waals surface area contributed by atoms with Crippen molar-refractivity contribution in [1.29, 1.82) is 0 Å². The van der Waals surface area contributed by atoms with Gasteiger partial charge in [-0.2, -0.15) is 0 Å². The van der Waals surface area contributed by atoms with Gasteiger partial charge in [0.2, 0.25) is 0 Å². The summed E-state index contributed by atoms with van der Waals surface area (Å²) in [5.74, 6) is 0.660. The fourth-order valence-electron chi connectivity index (χ4n) is 3.03. The Hall–Kier alpha value is -1.02. The van der Waals surface area contributed by atoms with Crippen molar-refractivity contribution in [3.63, 3.8) is 0 Å². The van der Waals surface area contributed by atoms with Crippen LogP contribution < -0.4 is 4.90 Å². The topological polar surface area (TPSA) is 20.3 Å². The standard InChI is InChI=1S/C16H22ClNO/c1-13-8-4-2-7-11-15(12-13)18(16(17)19)14-9-5-3-6-10-14/h3,5-6,9-10,13,15H,2,4,7-8,11-12H2,1H3/t13-,15-/m0/s1. The normalized spacial score (nSPS) is 24.3. The van der Waals surface area contributed by atoms with E-state index in [1.165, 1.54) is 25.7 Å². The number of benzene rings is 1. The van der Waals surface area contributed by atoms with Crippen molar-refractivity contribution < 1.29 is 4.79 Å². The molecule has 0 unspecified atom stereocenters. The molecule has 0 N–H and O–H groups in total. The van der Waals surface area contributed by atoms with E-state index in [9.17, 15) is 4.79 Å². The van der Waals surface area contributed by atoms with Crippen molar-refractivity contribution in [3.8, 4) is 0 Å². The van der Waals surface area contributed by atoms with Crippen LogP contribution in [0.2, 0.25) is 0 Å². The minimum absolute atomic E-state index is 0.239. The summed E-state index contributed by atoms with van der Waals surface area (Å²) in [5.41, 5.74) is 0.917. The molecule has 1 aliphatic carbocycles. The summed E-state index contributed by atoms with van der Waals surface area (Å²) in [7, 11) is 0.